The smallest absolute Gasteiger partial charge is 0.267 e. The van der Waals surface area contributed by atoms with E-state index in [1.165, 1.54) is 31.0 Å². The predicted octanol–water partition coefficient (Wildman–Crippen LogP) is 6.02. The van der Waals surface area contributed by atoms with Gasteiger partial charge in [-0.1, -0.05) is 49.6 Å². The zero-order valence-corrected chi connectivity index (χ0v) is 17.5. The Kier molecular flexibility index (Phi) is 6.35. The van der Waals surface area contributed by atoms with E-state index in [9.17, 15) is 4.79 Å². The maximum atomic E-state index is 13.3. The Balaban J connectivity index is 1.63. The number of amides is 1. The number of carbonyl (C=O) groups is 1. The topological polar surface area (TPSA) is 41.9 Å². The second-order valence-electron chi connectivity index (χ2n) is 7.31. The minimum Gasteiger partial charge on any atom is -0.494 e. The molecule has 1 saturated heterocycles. The van der Waals surface area contributed by atoms with E-state index in [2.05, 4.69) is 0 Å². The van der Waals surface area contributed by atoms with Crippen LogP contribution in [0.15, 0.2) is 64.5 Å². The largest absolute Gasteiger partial charge is 0.494 e. The average molecular weight is 407 g/mol. The van der Waals surface area contributed by atoms with Gasteiger partial charge in [-0.05, 0) is 67.4 Å². The lowest BCUT2D eigenvalue weighted by atomic mass is 9.94. The third-order valence-electron chi connectivity index (χ3n) is 5.25. The van der Waals surface area contributed by atoms with Gasteiger partial charge in [0.1, 0.15) is 5.75 Å². The molecule has 2 aromatic rings. The highest BCUT2D eigenvalue weighted by atomic mass is 32.2. The molecular formula is C24H26N2O2S. The van der Waals surface area contributed by atoms with Crippen molar-refractivity contribution in [2.75, 3.05) is 6.61 Å². The van der Waals surface area contributed by atoms with Crippen LogP contribution in [0.3, 0.4) is 0 Å². The molecule has 2 aromatic carbocycles. The minimum absolute atomic E-state index is 0.0745. The number of nitrogens with zero attached hydrogens (tertiary/aromatic N) is 2. The Morgan fingerprint density at radius 3 is 2.48 bits per heavy atom. The zero-order chi connectivity index (χ0) is 20.1. The molecule has 1 heterocycles. The van der Waals surface area contributed by atoms with Gasteiger partial charge in [-0.2, -0.15) is 0 Å². The van der Waals surface area contributed by atoms with Crippen LogP contribution in [0.4, 0.5) is 5.69 Å². The molecule has 0 N–H and O–H groups in total. The molecule has 4 nitrogen and oxygen atoms in total. The van der Waals surface area contributed by atoms with E-state index < -0.39 is 0 Å². The molecule has 0 aromatic heterocycles. The van der Waals surface area contributed by atoms with E-state index in [0.29, 0.717) is 6.61 Å². The third-order valence-corrected chi connectivity index (χ3v) is 6.23. The number of ether oxygens (including phenoxy) is 1. The first-order valence-electron chi connectivity index (χ1n) is 10.3. The van der Waals surface area contributed by atoms with Gasteiger partial charge in [-0.3, -0.25) is 9.69 Å². The van der Waals surface area contributed by atoms with Crippen molar-refractivity contribution in [3.05, 3.63) is 65.1 Å². The molecule has 150 valence electrons. The Bertz CT molecular complexity index is 900. The maximum absolute atomic E-state index is 13.3. The van der Waals surface area contributed by atoms with Gasteiger partial charge in [0.2, 0.25) is 0 Å². The summed E-state index contributed by atoms with van der Waals surface area (Å²) < 4.78 is 5.51. The number of thioether (sulfide) groups is 1. The summed E-state index contributed by atoms with van der Waals surface area (Å²) in [6, 6.07) is 18.0. The van der Waals surface area contributed by atoms with Gasteiger partial charge >= 0.3 is 0 Å². The molecule has 4 rings (SSSR count). The van der Waals surface area contributed by atoms with Crippen molar-refractivity contribution in [1.29, 1.82) is 0 Å². The van der Waals surface area contributed by atoms with Crippen LogP contribution in [0.5, 0.6) is 5.75 Å². The first-order valence-corrected chi connectivity index (χ1v) is 11.2. The molecule has 2 aliphatic rings. The third kappa shape index (κ3) is 4.73. The number of amidine groups is 1. The van der Waals surface area contributed by atoms with Crippen molar-refractivity contribution in [2.24, 2.45) is 4.99 Å². The van der Waals surface area contributed by atoms with Gasteiger partial charge in [-0.25, -0.2) is 4.99 Å². The number of para-hydroxylation sites is 1. The second-order valence-corrected chi connectivity index (χ2v) is 8.32. The molecule has 0 bridgehead atoms. The van der Waals surface area contributed by atoms with Gasteiger partial charge in [0.25, 0.3) is 5.91 Å². The number of rotatable bonds is 5. The minimum atomic E-state index is 0.0745. The van der Waals surface area contributed by atoms with Crippen molar-refractivity contribution in [3.63, 3.8) is 0 Å². The summed E-state index contributed by atoms with van der Waals surface area (Å²) in [5, 5.41) is 0.797. The number of benzene rings is 2. The summed E-state index contributed by atoms with van der Waals surface area (Å²) in [6.45, 7) is 2.61. The fourth-order valence-corrected chi connectivity index (χ4v) is 4.88. The van der Waals surface area contributed by atoms with E-state index in [-0.39, 0.29) is 11.9 Å². The lowest BCUT2D eigenvalue weighted by Crippen LogP contribution is -2.40. The van der Waals surface area contributed by atoms with Crippen LogP contribution in [-0.2, 0) is 4.79 Å². The van der Waals surface area contributed by atoms with Crippen LogP contribution in [0.1, 0.15) is 44.6 Å². The summed E-state index contributed by atoms with van der Waals surface area (Å²) in [7, 11) is 0. The van der Waals surface area contributed by atoms with Crippen molar-refractivity contribution < 1.29 is 9.53 Å². The molecule has 1 amide bonds. The van der Waals surface area contributed by atoms with Gasteiger partial charge in [0.05, 0.1) is 17.2 Å². The Morgan fingerprint density at radius 2 is 1.79 bits per heavy atom. The monoisotopic (exact) mass is 406 g/mol. The van der Waals surface area contributed by atoms with Crippen LogP contribution in [0, 0.1) is 0 Å². The van der Waals surface area contributed by atoms with E-state index in [0.717, 1.165) is 39.9 Å². The first-order chi connectivity index (χ1) is 14.2. The number of aliphatic imine (C=N–C) groups is 1. The fourth-order valence-electron chi connectivity index (χ4n) is 3.82. The molecule has 1 aliphatic heterocycles. The van der Waals surface area contributed by atoms with Gasteiger partial charge in [0.15, 0.2) is 5.17 Å². The normalized spacial score (nSPS) is 20.6. The standard InChI is InChI=1S/C24H26N2O2S/c1-2-28-21-15-13-18(14-16-21)17-22-23(27)26(20-11-7-4-8-12-20)24(29-22)25-19-9-5-3-6-10-19/h3,5-6,9-10,13-17,20H,2,4,7-8,11-12H2,1H3/b22-17-,25-24?. The van der Waals surface area contributed by atoms with Crippen molar-refractivity contribution in [2.45, 2.75) is 45.1 Å². The van der Waals surface area contributed by atoms with E-state index in [4.69, 9.17) is 9.73 Å². The van der Waals surface area contributed by atoms with Crippen LogP contribution in [0.2, 0.25) is 0 Å². The Labute approximate surface area is 176 Å². The molecule has 29 heavy (non-hydrogen) atoms. The average Bonchev–Trinajstić information content (AvgIpc) is 3.05. The molecule has 0 atom stereocenters. The SMILES string of the molecule is CCOc1ccc(/C=C2\SC(=Nc3ccccc3)N(C3CCCCC3)C2=O)cc1. The highest BCUT2D eigenvalue weighted by Gasteiger charge is 2.38. The lowest BCUT2D eigenvalue weighted by molar-refractivity contribution is -0.124. The zero-order valence-electron chi connectivity index (χ0n) is 16.7. The van der Waals surface area contributed by atoms with E-state index >= 15 is 0 Å². The van der Waals surface area contributed by atoms with Gasteiger partial charge < -0.3 is 4.74 Å². The maximum Gasteiger partial charge on any atom is 0.267 e. The number of carbonyl (C=O) groups excluding carboxylic acids is 1. The molecule has 1 aliphatic carbocycles. The van der Waals surface area contributed by atoms with Crippen LogP contribution < -0.4 is 4.74 Å². The number of hydrogen-bond donors (Lipinski definition) is 0. The Morgan fingerprint density at radius 1 is 1.07 bits per heavy atom. The highest BCUT2D eigenvalue weighted by molar-refractivity contribution is 8.18. The summed E-state index contributed by atoms with van der Waals surface area (Å²) in [5.41, 5.74) is 1.87. The molecule has 2 fully saturated rings. The van der Waals surface area contributed by atoms with Crippen LogP contribution >= 0.6 is 11.8 Å². The summed E-state index contributed by atoms with van der Waals surface area (Å²) in [4.78, 5) is 20.8. The summed E-state index contributed by atoms with van der Waals surface area (Å²) in [6.07, 6.45) is 7.68. The van der Waals surface area contributed by atoms with Gasteiger partial charge in [-0.15, -0.1) is 0 Å². The second kappa shape index (κ2) is 9.31. The summed E-state index contributed by atoms with van der Waals surface area (Å²) in [5.74, 6) is 0.917. The fraction of sp³-hybridized carbons (Fsp3) is 0.333. The Hall–Kier alpha value is -2.53. The van der Waals surface area contributed by atoms with Gasteiger partial charge in [0, 0.05) is 6.04 Å². The molecule has 5 heteroatoms. The molecule has 0 spiro atoms. The lowest BCUT2D eigenvalue weighted by Gasteiger charge is -2.30. The summed E-state index contributed by atoms with van der Waals surface area (Å²) >= 11 is 1.48. The quantitative estimate of drug-likeness (QED) is 0.570. The first kappa shape index (κ1) is 19.8. The van der Waals surface area contributed by atoms with E-state index in [1.54, 1.807) is 0 Å². The van der Waals surface area contributed by atoms with Crippen LogP contribution in [0.25, 0.3) is 6.08 Å². The van der Waals surface area contributed by atoms with Crippen molar-refractivity contribution >= 4 is 34.6 Å². The molecule has 1 saturated carbocycles. The van der Waals surface area contributed by atoms with Crippen molar-refractivity contribution in [1.82, 2.24) is 4.90 Å². The highest BCUT2D eigenvalue weighted by Crippen LogP contribution is 2.38. The number of hydrogen-bond acceptors (Lipinski definition) is 4. The molecule has 0 radical (unpaired) electrons. The molecule has 0 unspecified atom stereocenters. The van der Waals surface area contributed by atoms with Crippen LogP contribution in [-0.4, -0.2) is 28.6 Å². The molecular weight excluding hydrogens is 380 g/mol. The van der Waals surface area contributed by atoms with Crippen molar-refractivity contribution in [3.8, 4) is 5.75 Å². The predicted molar refractivity (Wildman–Crippen MR) is 120 cm³/mol. The van der Waals surface area contributed by atoms with E-state index in [1.807, 2.05) is 72.5 Å².